The molecule has 2 N–H and O–H groups in total. The highest BCUT2D eigenvalue weighted by Crippen LogP contribution is 2.47. The van der Waals surface area contributed by atoms with Crippen LogP contribution in [0.1, 0.15) is 27.7 Å². The van der Waals surface area contributed by atoms with Gasteiger partial charge in [0.25, 0.3) is 0 Å². The zero-order valence-electron chi connectivity index (χ0n) is 18.7. The molecule has 2 heterocycles. The minimum Gasteiger partial charge on any atom is -0.444 e. The van der Waals surface area contributed by atoms with Crippen LogP contribution in [0, 0.1) is 17.7 Å². The number of amides is 3. The van der Waals surface area contributed by atoms with Crippen molar-refractivity contribution in [2.75, 3.05) is 36.0 Å². The van der Waals surface area contributed by atoms with Crippen LogP contribution in [0.4, 0.5) is 25.4 Å². The van der Waals surface area contributed by atoms with E-state index < -0.39 is 29.7 Å². The minimum absolute atomic E-state index is 0.0587. The van der Waals surface area contributed by atoms with E-state index in [-0.39, 0.29) is 36.9 Å². The number of hydrogen-bond acceptors (Lipinski definition) is 6. The second kappa shape index (κ2) is 8.14. The summed E-state index contributed by atoms with van der Waals surface area (Å²) in [7, 11) is 0. The van der Waals surface area contributed by atoms with Gasteiger partial charge >= 0.3 is 12.2 Å². The Morgan fingerprint density at radius 1 is 1.22 bits per heavy atom. The van der Waals surface area contributed by atoms with Gasteiger partial charge in [-0.2, -0.15) is 0 Å². The first-order valence-corrected chi connectivity index (χ1v) is 10.8. The van der Waals surface area contributed by atoms with Crippen LogP contribution >= 0.6 is 0 Å². The Balaban J connectivity index is 1.32. The fourth-order valence-electron chi connectivity index (χ4n) is 4.40. The molecule has 9 nitrogen and oxygen atoms in total. The Morgan fingerprint density at radius 3 is 2.50 bits per heavy atom. The molecule has 32 heavy (non-hydrogen) atoms. The number of carbonyl (C=O) groups excluding carboxylic acids is 3. The largest absolute Gasteiger partial charge is 0.444 e. The summed E-state index contributed by atoms with van der Waals surface area (Å²) in [4.78, 5) is 38.5. The number of carbonyl (C=O) groups is 3. The molecule has 4 rings (SSSR count). The van der Waals surface area contributed by atoms with E-state index in [0.29, 0.717) is 24.5 Å². The van der Waals surface area contributed by atoms with Crippen LogP contribution in [-0.4, -0.2) is 62.0 Å². The third-order valence-electron chi connectivity index (χ3n) is 5.91. The maximum atomic E-state index is 14.9. The molecule has 4 atom stereocenters. The van der Waals surface area contributed by atoms with Crippen molar-refractivity contribution in [3.8, 4) is 0 Å². The molecule has 1 unspecified atom stereocenters. The summed E-state index contributed by atoms with van der Waals surface area (Å²) in [5.74, 6) is -0.0879. The summed E-state index contributed by atoms with van der Waals surface area (Å²) in [5.41, 5.74) is 0.339. The lowest BCUT2D eigenvalue weighted by Gasteiger charge is -2.25. The van der Waals surface area contributed by atoms with E-state index in [1.165, 1.54) is 17.9 Å². The average Bonchev–Trinajstić information content (AvgIpc) is 3.03. The number of rotatable bonds is 5. The summed E-state index contributed by atoms with van der Waals surface area (Å²) in [6, 6.07) is 4.75. The Labute approximate surface area is 186 Å². The van der Waals surface area contributed by atoms with Crippen LogP contribution in [0.25, 0.3) is 0 Å². The van der Waals surface area contributed by atoms with Crippen molar-refractivity contribution >= 4 is 29.5 Å². The number of anilines is 2. The van der Waals surface area contributed by atoms with Crippen molar-refractivity contribution in [2.24, 2.45) is 11.8 Å². The van der Waals surface area contributed by atoms with Crippen molar-refractivity contribution in [3.05, 3.63) is 24.0 Å². The Bertz CT molecular complexity index is 921. The highest BCUT2D eigenvalue weighted by Gasteiger charge is 2.57. The van der Waals surface area contributed by atoms with E-state index in [0.717, 1.165) is 0 Å². The van der Waals surface area contributed by atoms with Gasteiger partial charge in [0.05, 0.1) is 24.5 Å². The van der Waals surface area contributed by atoms with E-state index in [2.05, 4.69) is 10.6 Å². The zero-order valence-corrected chi connectivity index (χ0v) is 18.7. The van der Waals surface area contributed by atoms with Crippen molar-refractivity contribution < 1.29 is 28.2 Å². The number of ether oxygens (including phenoxy) is 2. The number of cyclic esters (lactones) is 1. The number of nitrogens with zero attached hydrogens (tertiary/aromatic N) is 2. The van der Waals surface area contributed by atoms with Crippen LogP contribution in [-0.2, 0) is 14.3 Å². The van der Waals surface area contributed by atoms with Crippen LogP contribution in [0.3, 0.4) is 0 Å². The van der Waals surface area contributed by atoms with Crippen molar-refractivity contribution in [1.29, 1.82) is 0 Å². The van der Waals surface area contributed by atoms with Gasteiger partial charge in [0, 0.05) is 37.9 Å². The first kappa shape index (κ1) is 22.2. The molecule has 0 aromatic heterocycles. The van der Waals surface area contributed by atoms with Gasteiger partial charge in [-0.1, -0.05) is 0 Å². The quantitative estimate of drug-likeness (QED) is 0.717. The molecule has 3 aliphatic rings. The number of benzene rings is 1. The Kier molecular flexibility index (Phi) is 5.64. The second-order valence-corrected chi connectivity index (χ2v) is 9.59. The van der Waals surface area contributed by atoms with Gasteiger partial charge in [0.1, 0.15) is 17.5 Å². The summed E-state index contributed by atoms with van der Waals surface area (Å²) in [5, 5.41) is 5.52. The second-order valence-electron chi connectivity index (χ2n) is 9.59. The molecule has 0 spiro atoms. The van der Waals surface area contributed by atoms with E-state index in [9.17, 15) is 18.8 Å². The van der Waals surface area contributed by atoms with Crippen LogP contribution < -0.4 is 20.4 Å². The molecule has 10 heteroatoms. The molecule has 3 amide bonds. The summed E-state index contributed by atoms with van der Waals surface area (Å²) < 4.78 is 25.4. The molecule has 3 fully saturated rings. The predicted molar refractivity (Wildman–Crippen MR) is 115 cm³/mol. The van der Waals surface area contributed by atoms with Gasteiger partial charge in [-0.05, 0) is 39.0 Å². The lowest BCUT2D eigenvalue weighted by molar-refractivity contribution is -0.119. The number of halogens is 1. The molecule has 1 aliphatic carbocycles. The average molecular weight is 448 g/mol. The number of piperidine rings is 1. The Morgan fingerprint density at radius 2 is 1.91 bits per heavy atom. The zero-order chi connectivity index (χ0) is 23.2. The smallest absolute Gasteiger partial charge is 0.414 e. The van der Waals surface area contributed by atoms with Gasteiger partial charge in [0.15, 0.2) is 0 Å². The number of alkyl carbamates (subject to hydrolysis) is 1. The van der Waals surface area contributed by atoms with Crippen molar-refractivity contribution in [3.63, 3.8) is 0 Å². The van der Waals surface area contributed by atoms with Gasteiger partial charge < -0.3 is 25.0 Å². The van der Waals surface area contributed by atoms with Crippen molar-refractivity contribution in [1.82, 2.24) is 10.6 Å². The van der Waals surface area contributed by atoms with Crippen molar-refractivity contribution in [2.45, 2.75) is 45.4 Å². The molecule has 174 valence electrons. The number of fused-ring (bicyclic) bond motifs is 1. The fraction of sp³-hybridized carbons (Fsp3) is 0.591. The fourth-order valence-corrected chi connectivity index (χ4v) is 4.40. The molecule has 0 radical (unpaired) electrons. The van der Waals surface area contributed by atoms with Gasteiger partial charge in [0.2, 0.25) is 5.91 Å². The monoisotopic (exact) mass is 448 g/mol. The summed E-state index contributed by atoms with van der Waals surface area (Å²) >= 11 is 0. The van der Waals surface area contributed by atoms with E-state index in [1.54, 1.807) is 12.1 Å². The molecule has 1 aromatic rings. The molecule has 1 aromatic carbocycles. The highest BCUT2D eigenvalue weighted by atomic mass is 19.1. The van der Waals surface area contributed by atoms with E-state index >= 15 is 0 Å². The van der Waals surface area contributed by atoms with Gasteiger partial charge in [-0.25, -0.2) is 14.0 Å². The molecule has 0 bridgehead atoms. The standard InChI is InChI=1S/C22H29FN4O5/c1-12(28)24-8-14-9-27(21(30)31-14)13-5-6-18(17(23)7-13)26-10-15-16(11-26)19(15)25-20(29)32-22(2,3)4/h5-7,14-16,19H,8-11H2,1-4H3,(H,24,28)(H,25,29)/t14-,15-,16+,19?/m0/s1. The van der Waals surface area contributed by atoms with Crippen LogP contribution in [0.2, 0.25) is 0 Å². The maximum Gasteiger partial charge on any atom is 0.414 e. The van der Waals surface area contributed by atoms with Crippen LogP contribution in [0.5, 0.6) is 0 Å². The molecular formula is C22H29FN4O5. The first-order valence-electron chi connectivity index (χ1n) is 10.8. The lowest BCUT2D eigenvalue weighted by Crippen LogP contribution is -2.38. The molecular weight excluding hydrogens is 419 g/mol. The third-order valence-corrected chi connectivity index (χ3v) is 5.91. The maximum absolute atomic E-state index is 14.9. The highest BCUT2D eigenvalue weighted by molar-refractivity contribution is 5.90. The predicted octanol–water partition coefficient (Wildman–Crippen LogP) is 2.25. The topological polar surface area (TPSA) is 100 Å². The molecule has 1 saturated carbocycles. The first-order chi connectivity index (χ1) is 15.0. The SMILES string of the molecule is CC(=O)NC[C@H]1CN(c2ccc(N3C[C@@H]4C(NC(=O)OC(C)(C)C)[C@@H]4C3)c(F)c2)C(=O)O1. The molecule has 2 aliphatic heterocycles. The Hall–Kier alpha value is -3.04. The lowest BCUT2D eigenvalue weighted by atomic mass is 10.2. The number of hydrogen-bond donors (Lipinski definition) is 2. The van der Waals surface area contributed by atoms with Crippen LogP contribution in [0.15, 0.2) is 18.2 Å². The van der Waals surface area contributed by atoms with Gasteiger partial charge in [-0.3, -0.25) is 9.69 Å². The van der Waals surface area contributed by atoms with Gasteiger partial charge in [-0.15, -0.1) is 0 Å². The third kappa shape index (κ3) is 4.73. The molecule has 2 saturated heterocycles. The van der Waals surface area contributed by atoms with E-state index in [1.807, 2.05) is 25.7 Å². The normalized spacial score (nSPS) is 26.5. The summed E-state index contributed by atoms with van der Waals surface area (Å²) in [6.45, 7) is 8.59. The number of nitrogens with one attached hydrogen (secondary N) is 2. The summed E-state index contributed by atoms with van der Waals surface area (Å²) in [6.07, 6.45) is -1.46. The minimum atomic E-state index is -0.564. The van der Waals surface area contributed by atoms with E-state index in [4.69, 9.17) is 9.47 Å².